The number of amides is 2. The van der Waals surface area contributed by atoms with E-state index in [0.717, 1.165) is 5.56 Å². The third kappa shape index (κ3) is 3.14. The smallest absolute Gasteiger partial charge is 0.313 e. The van der Waals surface area contributed by atoms with Gasteiger partial charge in [-0.05, 0) is 29.8 Å². The van der Waals surface area contributed by atoms with Gasteiger partial charge < -0.3 is 20.1 Å². The minimum absolute atomic E-state index is 0.193. The van der Waals surface area contributed by atoms with Gasteiger partial charge in [-0.1, -0.05) is 6.07 Å². The standard InChI is InChI=1S/C15H13N3O4/c19-14(15(20)18-11-2-1-5-16-8-11)17-7-10-3-4-12-13(6-10)22-9-21-12/h1-6,8H,7,9H2,(H,17,19)(H,18,20). The molecule has 1 aliphatic heterocycles. The topological polar surface area (TPSA) is 89.5 Å². The number of hydrogen-bond donors (Lipinski definition) is 2. The molecular weight excluding hydrogens is 286 g/mol. The summed E-state index contributed by atoms with van der Waals surface area (Å²) in [4.78, 5) is 27.3. The Kier molecular flexibility index (Phi) is 3.86. The van der Waals surface area contributed by atoms with Crippen molar-refractivity contribution in [2.45, 2.75) is 6.54 Å². The first-order valence-electron chi connectivity index (χ1n) is 6.60. The lowest BCUT2D eigenvalue weighted by atomic mass is 10.2. The number of fused-ring (bicyclic) bond motifs is 1. The molecule has 7 heteroatoms. The quantitative estimate of drug-likeness (QED) is 0.827. The van der Waals surface area contributed by atoms with Crippen LogP contribution in [0.1, 0.15) is 5.56 Å². The second-order valence-corrected chi connectivity index (χ2v) is 4.57. The molecule has 3 rings (SSSR count). The molecule has 0 unspecified atom stereocenters. The van der Waals surface area contributed by atoms with E-state index in [2.05, 4.69) is 15.6 Å². The molecule has 0 spiro atoms. The highest BCUT2D eigenvalue weighted by Gasteiger charge is 2.16. The normalized spacial score (nSPS) is 11.8. The maximum Gasteiger partial charge on any atom is 0.313 e. The highest BCUT2D eigenvalue weighted by atomic mass is 16.7. The molecule has 0 saturated heterocycles. The molecular formula is C15H13N3O4. The predicted molar refractivity (Wildman–Crippen MR) is 77.3 cm³/mol. The first kappa shape index (κ1) is 13.9. The van der Waals surface area contributed by atoms with Crippen molar-refractivity contribution in [2.24, 2.45) is 0 Å². The van der Waals surface area contributed by atoms with Gasteiger partial charge in [-0.15, -0.1) is 0 Å². The number of carbonyl (C=O) groups excluding carboxylic acids is 2. The van der Waals surface area contributed by atoms with Gasteiger partial charge in [0.2, 0.25) is 6.79 Å². The van der Waals surface area contributed by atoms with Crippen molar-refractivity contribution in [3.8, 4) is 11.5 Å². The second-order valence-electron chi connectivity index (χ2n) is 4.57. The fraction of sp³-hybridized carbons (Fsp3) is 0.133. The van der Waals surface area contributed by atoms with E-state index in [9.17, 15) is 9.59 Å². The van der Waals surface area contributed by atoms with Gasteiger partial charge in [0.15, 0.2) is 11.5 Å². The van der Waals surface area contributed by atoms with Crippen LogP contribution in [-0.2, 0) is 16.1 Å². The Balaban J connectivity index is 1.54. The first-order valence-corrected chi connectivity index (χ1v) is 6.60. The summed E-state index contributed by atoms with van der Waals surface area (Å²) >= 11 is 0. The van der Waals surface area contributed by atoms with Crippen LogP contribution < -0.4 is 20.1 Å². The molecule has 7 nitrogen and oxygen atoms in total. The van der Waals surface area contributed by atoms with Gasteiger partial charge >= 0.3 is 11.8 Å². The van der Waals surface area contributed by atoms with Crippen molar-refractivity contribution in [3.05, 3.63) is 48.3 Å². The summed E-state index contributed by atoms with van der Waals surface area (Å²) in [6.45, 7) is 0.411. The molecule has 0 saturated carbocycles. The van der Waals surface area contributed by atoms with Gasteiger partial charge in [-0.2, -0.15) is 0 Å². The van der Waals surface area contributed by atoms with Crippen molar-refractivity contribution in [1.29, 1.82) is 0 Å². The molecule has 0 atom stereocenters. The molecule has 0 radical (unpaired) electrons. The Morgan fingerprint density at radius 2 is 2.00 bits per heavy atom. The van der Waals surface area contributed by atoms with Crippen molar-refractivity contribution in [3.63, 3.8) is 0 Å². The number of rotatable bonds is 3. The summed E-state index contributed by atoms with van der Waals surface area (Å²) in [6.07, 6.45) is 3.04. The average molecular weight is 299 g/mol. The van der Waals surface area contributed by atoms with Crippen LogP contribution >= 0.6 is 0 Å². The highest BCUT2D eigenvalue weighted by molar-refractivity contribution is 6.39. The van der Waals surface area contributed by atoms with Crippen molar-refractivity contribution in [2.75, 3.05) is 12.1 Å². The molecule has 0 aliphatic carbocycles. The fourth-order valence-corrected chi connectivity index (χ4v) is 1.94. The van der Waals surface area contributed by atoms with Gasteiger partial charge in [-0.3, -0.25) is 14.6 Å². The maximum absolute atomic E-state index is 11.8. The van der Waals surface area contributed by atoms with Crippen LogP contribution in [-0.4, -0.2) is 23.6 Å². The first-order chi connectivity index (χ1) is 10.7. The minimum Gasteiger partial charge on any atom is -0.454 e. The van der Waals surface area contributed by atoms with Gasteiger partial charge in [0.1, 0.15) is 0 Å². The lowest BCUT2D eigenvalue weighted by molar-refractivity contribution is -0.136. The molecule has 2 aromatic rings. The predicted octanol–water partition coefficient (Wildman–Crippen LogP) is 1.07. The van der Waals surface area contributed by atoms with Crippen LogP contribution in [0.5, 0.6) is 11.5 Å². The lowest BCUT2D eigenvalue weighted by Gasteiger charge is -2.07. The van der Waals surface area contributed by atoms with Gasteiger partial charge in [-0.25, -0.2) is 0 Å². The number of hydrogen-bond acceptors (Lipinski definition) is 5. The number of anilines is 1. The lowest BCUT2D eigenvalue weighted by Crippen LogP contribution is -2.34. The van der Waals surface area contributed by atoms with E-state index in [1.54, 1.807) is 36.5 Å². The summed E-state index contributed by atoms with van der Waals surface area (Å²) in [5.41, 5.74) is 1.28. The van der Waals surface area contributed by atoms with E-state index in [0.29, 0.717) is 17.2 Å². The van der Waals surface area contributed by atoms with Crippen LogP contribution in [0.15, 0.2) is 42.7 Å². The number of nitrogens with one attached hydrogen (secondary N) is 2. The maximum atomic E-state index is 11.8. The molecule has 1 aromatic heterocycles. The molecule has 1 aliphatic rings. The van der Waals surface area contributed by atoms with E-state index in [1.165, 1.54) is 6.20 Å². The Morgan fingerprint density at radius 1 is 1.14 bits per heavy atom. The third-order valence-electron chi connectivity index (χ3n) is 3.02. The zero-order chi connectivity index (χ0) is 15.4. The third-order valence-corrected chi connectivity index (χ3v) is 3.02. The summed E-state index contributed by atoms with van der Waals surface area (Å²) in [5.74, 6) is -0.161. The summed E-state index contributed by atoms with van der Waals surface area (Å²) in [6, 6.07) is 8.64. The summed E-state index contributed by atoms with van der Waals surface area (Å²) in [7, 11) is 0. The zero-order valence-electron chi connectivity index (χ0n) is 11.5. The van der Waals surface area contributed by atoms with Gasteiger partial charge in [0.25, 0.3) is 0 Å². The number of nitrogens with zero attached hydrogens (tertiary/aromatic N) is 1. The van der Waals surface area contributed by atoms with Gasteiger partial charge in [0, 0.05) is 12.7 Å². The number of aromatic nitrogens is 1. The molecule has 112 valence electrons. The Bertz CT molecular complexity index is 703. The molecule has 2 heterocycles. The zero-order valence-corrected chi connectivity index (χ0v) is 11.5. The van der Waals surface area contributed by atoms with E-state index >= 15 is 0 Å². The molecule has 0 fully saturated rings. The van der Waals surface area contributed by atoms with E-state index in [4.69, 9.17) is 9.47 Å². The van der Waals surface area contributed by atoms with Crippen molar-refractivity contribution in [1.82, 2.24) is 10.3 Å². The number of ether oxygens (including phenoxy) is 2. The van der Waals surface area contributed by atoms with Crippen LogP contribution in [0.3, 0.4) is 0 Å². The Morgan fingerprint density at radius 3 is 2.82 bits per heavy atom. The Labute approximate surface area is 126 Å². The fourth-order valence-electron chi connectivity index (χ4n) is 1.94. The van der Waals surface area contributed by atoms with Crippen LogP contribution in [0.4, 0.5) is 5.69 Å². The van der Waals surface area contributed by atoms with Crippen LogP contribution in [0.2, 0.25) is 0 Å². The van der Waals surface area contributed by atoms with E-state index < -0.39 is 11.8 Å². The van der Waals surface area contributed by atoms with Gasteiger partial charge in [0.05, 0.1) is 11.9 Å². The summed E-state index contributed by atoms with van der Waals surface area (Å²) in [5, 5.41) is 5.00. The second kappa shape index (κ2) is 6.13. The van der Waals surface area contributed by atoms with Crippen molar-refractivity contribution >= 4 is 17.5 Å². The molecule has 2 N–H and O–H groups in total. The molecule has 1 aromatic carbocycles. The minimum atomic E-state index is -0.742. The molecule has 22 heavy (non-hydrogen) atoms. The van der Waals surface area contributed by atoms with Crippen LogP contribution in [0, 0.1) is 0 Å². The Hall–Kier alpha value is -3.09. The number of pyridine rings is 1. The van der Waals surface area contributed by atoms with Crippen molar-refractivity contribution < 1.29 is 19.1 Å². The summed E-state index contributed by atoms with van der Waals surface area (Å²) < 4.78 is 10.5. The number of benzene rings is 1. The van der Waals surface area contributed by atoms with E-state index in [1.807, 2.05) is 0 Å². The SMILES string of the molecule is O=C(NCc1ccc2c(c1)OCO2)C(=O)Nc1cccnc1. The average Bonchev–Trinajstić information content (AvgIpc) is 3.01. The number of carbonyl (C=O) groups is 2. The molecule has 0 bridgehead atoms. The molecule has 2 amide bonds. The van der Waals surface area contributed by atoms with E-state index in [-0.39, 0.29) is 13.3 Å². The highest BCUT2D eigenvalue weighted by Crippen LogP contribution is 2.32. The largest absolute Gasteiger partial charge is 0.454 e. The van der Waals surface area contributed by atoms with Crippen LogP contribution in [0.25, 0.3) is 0 Å². The monoisotopic (exact) mass is 299 g/mol.